The van der Waals surface area contributed by atoms with E-state index in [9.17, 15) is 9.59 Å². The van der Waals surface area contributed by atoms with Gasteiger partial charge in [-0.15, -0.1) is 0 Å². The molecule has 1 aliphatic heterocycles. The van der Waals surface area contributed by atoms with E-state index in [2.05, 4.69) is 27.2 Å². The monoisotopic (exact) mass is 469 g/mol. The summed E-state index contributed by atoms with van der Waals surface area (Å²) in [6.45, 7) is 2.50. The number of hydrogen-bond acceptors (Lipinski definition) is 7. The molecular formula is C25H23N7O3. The number of carbonyl (C=O) groups is 1. The molecule has 1 aliphatic rings. The number of carbonyl (C=O) groups excluding carboxylic acids is 1. The molecule has 0 aliphatic carbocycles. The number of hydrogen-bond donors (Lipinski definition) is 2. The third-order valence-corrected chi connectivity index (χ3v) is 5.91. The van der Waals surface area contributed by atoms with Crippen LogP contribution in [0.1, 0.15) is 19.4 Å². The summed E-state index contributed by atoms with van der Waals surface area (Å²) >= 11 is 0. The SMILES string of the molecule is CC#CC(=O)N1CC[C@H](n2c(=O)n(-c3ccc(Oc4ccccc4)cc3)c3c(NN)ncnc32)C1. The molecule has 0 spiro atoms. The van der Waals surface area contributed by atoms with Crippen molar-refractivity contribution in [2.75, 3.05) is 18.5 Å². The molecule has 35 heavy (non-hydrogen) atoms. The lowest BCUT2D eigenvalue weighted by Crippen LogP contribution is -2.31. The van der Waals surface area contributed by atoms with Crippen LogP contribution in [-0.2, 0) is 4.79 Å². The van der Waals surface area contributed by atoms with Crippen molar-refractivity contribution >= 4 is 22.9 Å². The molecule has 0 unspecified atom stereocenters. The molecule has 3 N–H and O–H groups in total. The first-order chi connectivity index (χ1) is 17.1. The molecule has 10 nitrogen and oxygen atoms in total. The Morgan fingerprint density at radius 3 is 2.57 bits per heavy atom. The molecule has 0 radical (unpaired) electrons. The van der Waals surface area contributed by atoms with E-state index >= 15 is 0 Å². The molecule has 1 amide bonds. The van der Waals surface area contributed by atoms with Crippen LogP contribution < -0.4 is 21.7 Å². The number of imidazole rings is 1. The Kier molecular flexibility index (Phi) is 5.91. The van der Waals surface area contributed by atoms with Gasteiger partial charge in [-0.05, 0) is 55.7 Å². The Balaban J connectivity index is 1.56. The van der Waals surface area contributed by atoms with E-state index in [4.69, 9.17) is 10.6 Å². The number of amides is 1. The van der Waals surface area contributed by atoms with Crippen LogP contribution in [0.2, 0.25) is 0 Å². The summed E-state index contributed by atoms with van der Waals surface area (Å²) in [5, 5.41) is 0. The van der Waals surface area contributed by atoms with Gasteiger partial charge in [-0.25, -0.2) is 20.6 Å². The first-order valence-electron chi connectivity index (χ1n) is 11.1. The van der Waals surface area contributed by atoms with Crippen LogP contribution >= 0.6 is 0 Å². The number of nitrogens with one attached hydrogen (secondary N) is 1. The number of ether oxygens (including phenoxy) is 1. The standard InChI is InChI=1S/C25H23N7O3/c1-2-6-21(33)30-14-13-18(15-30)32-24-22(23(29-26)27-16-28-24)31(25(32)34)17-9-11-20(12-10-17)35-19-7-4-3-5-8-19/h3-5,7-12,16,18H,13-15,26H2,1H3,(H,27,28,29)/t18-/m0/s1. The van der Waals surface area contributed by atoms with Crippen molar-refractivity contribution in [1.29, 1.82) is 0 Å². The molecule has 0 bridgehead atoms. The molecule has 5 rings (SSSR count). The highest BCUT2D eigenvalue weighted by molar-refractivity contribution is 5.93. The quantitative estimate of drug-likeness (QED) is 0.262. The molecule has 2 aromatic carbocycles. The van der Waals surface area contributed by atoms with Gasteiger partial charge in [0, 0.05) is 13.1 Å². The highest BCUT2D eigenvalue weighted by atomic mass is 16.5. The normalized spacial score (nSPS) is 15.0. The number of rotatable bonds is 5. The van der Waals surface area contributed by atoms with E-state index < -0.39 is 0 Å². The lowest BCUT2D eigenvalue weighted by molar-refractivity contribution is -0.124. The summed E-state index contributed by atoms with van der Waals surface area (Å²) in [5.41, 5.74) is 3.76. The van der Waals surface area contributed by atoms with Gasteiger partial charge in [0.2, 0.25) is 0 Å². The van der Waals surface area contributed by atoms with Crippen LogP contribution in [0.3, 0.4) is 0 Å². The second kappa shape index (κ2) is 9.32. The first kappa shape index (κ1) is 22.2. The highest BCUT2D eigenvalue weighted by Gasteiger charge is 2.31. The Morgan fingerprint density at radius 2 is 1.86 bits per heavy atom. The number of nitrogens with two attached hydrogens (primary N) is 1. The van der Waals surface area contributed by atoms with Crippen LogP contribution in [0.5, 0.6) is 11.5 Å². The number of likely N-dealkylation sites (tertiary alicyclic amines) is 1. The summed E-state index contributed by atoms with van der Waals surface area (Å²) in [6, 6.07) is 16.3. The molecular weight excluding hydrogens is 446 g/mol. The van der Waals surface area contributed by atoms with Crippen LogP contribution in [0.4, 0.5) is 5.82 Å². The first-order valence-corrected chi connectivity index (χ1v) is 11.1. The number of hydrazine groups is 1. The fourth-order valence-corrected chi connectivity index (χ4v) is 4.33. The summed E-state index contributed by atoms with van der Waals surface area (Å²) in [6.07, 6.45) is 1.96. The summed E-state index contributed by atoms with van der Waals surface area (Å²) in [5.74, 6) is 12.3. The predicted octanol–water partition coefficient (Wildman–Crippen LogP) is 2.46. The minimum Gasteiger partial charge on any atom is -0.457 e. The molecule has 0 saturated carbocycles. The number of fused-ring (bicyclic) bond motifs is 1. The number of benzene rings is 2. The van der Waals surface area contributed by atoms with Crippen molar-refractivity contribution in [3.63, 3.8) is 0 Å². The lowest BCUT2D eigenvalue weighted by Gasteiger charge is -2.14. The van der Waals surface area contributed by atoms with Gasteiger partial charge in [-0.3, -0.25) is 13.9 Å². The van der Waals surface area contributed by atoms with E-state index in [1.807, 2.05) is 30.3 Å². The Morgan fingerprint density at radius 1 is 1.11 bits per heavy atom. The fourth-order valence-electron chi connectivity index (χ4n) is 4.33. The zero-order chi connectivity index (χ0) is 24.4. The van der Waals surface area contributed by atoms with Crippen LogP contribution in [-0.4, -0.2) is 43.0 Å². The Hall–Kier alpha value is -4.62. The van der Waals surface area contributed by atoms with E-state index in [0.717, 1.165) is 0 Å². The van der Waals surface area contributed by atoms with Gasteiger partial charge >= 0.3 is 5.69 Å². The van der Waals surface area contributed by atoms with Gasteiger partial charge < -0.3 is 15.1 Å². The third kappa shape index (κ3) is 4.09. The number of nitrogens with zero attached hydrogens (tertiary/aromatic N) is 5. The van der Waals surface area contributed by atoms with E-state index in [1.165, 1.54) is 10.9 Å². The fraction of sp³-hybridized carbons (Fsp3) is 0.200. The average Bonchev–Trinajstić information content (AvgIpc) is 3.47. The Bertz CT molecular complexity index is 1500. The number of para-hydroxylation sites is 1. The van der Waals surface area contributed by atoms with E-state index in [0.29, 0.717) is 53.7 Å². The second-order valence-electron chi connectivity index (χ2n) is 8.00. The van der Waals surface area contributed by atoms with Crippen LogP contribution in [0, 0.1) is 11.8 Å². The largest absolute Gasteiger partial charge is 0.457 e. The maximum Gasteiger partial charge on any atom is 0.335 e. The molecule has 10 heteroatoms. The third-order valence-electron chi connectivity index (χ3n) is 5.91. The van der Waals surface area contributed by atoms with Crippen LogP contribution in [0.25, 0.3) is 16.9 Å². The van der Waals surface area contributed by atoms with Crippen molar-refractivity contribution < 1.29 is 9.53 Å². The van der Waals surface area contributed by atoms with Gasteiger partial charge in [-0.1, -0.05) is 24.1 Å². The number of aromatic nitrogens is 4. The van der Waals surface area contributed by atoms with Gasteiger partial charge in [0.15, 0.2) is 11.5 Å². The topological polar surface area (TPSA) is 120 Å². The van der Waals surface area contributed by atoms with Crippen molar-refractivity contribution in [3.05, 3.63) is 71.4 Å². The van der Waals surface area contributed by atoms with Crippen LogP contribution in [0.15, 0.2) is 65.7 Å². The summed E-state index contributed by atoms with van der Waals surface area (Å²) in [4.78, 5) is 36.3. The van der Waals surface area contributed by atoms with Crippen molar-refractivity contribution in [2.45, 2.75) is 19.4 Å². The molecule has 1 atom stereocenters. The summed E-state index contributed by atoms with van der Waals surface area (Å²) in [7, 11) is 0. The average molecular weight is 470 g/mol. The van der Waals surface area contributed by atoms with Crippen molar-refractivity contribution in [1.82, 2.24) is 24.0 Å². The number of anilines is 1. The highest BCUT2D eigenvalue weighted by Crippen LogP contribution is 2.29. The lowest BCUT2D eigenvalue weighted by atomic mass is 10.2. The minimum atomic E-state index is -0.297. The molecule has 1 fully saturated rings. The predicted molar refractivity (Wildman–Crippen MR) is 131 cm³/mol. The molecule has 3 heterocycles. The zero-order valence-corrected chi connectivity index (χ0v) is 19.0. The molecule has 1 saturated heterocycles. The van der Waals surface area contributed by atoms with Crippen molar-refractivity contribution in [2.24, 2.45) is 5.84 Å². The van der Waals surface area contributed by atoms with Gasteiger partial charge in [0.25, 0.3) is 5.91 Å². The molecule has 2 aromatic heterocycles. The smallest absolute Gasteiger partial charge is 0.335 e. The molecule has 176 valence electrons. The Labute approximate surface area is 200 Å². The van der Waals surface area contributed by atoms with Gasteiger partial charge in [0.05, 0.1) is 11.7 Å². The second-order valence-corrected chi connectivity index (χ2v) is 8.00. The van der Waals surface area contributed by atoms with Gasteiger partial charge in [0.1, 0.15) is 23.3 Å². The van der Waals surface area contributed by atoms with Gasteiger partial charge in [-0.2, -0.15) is 0 Å². The zero-order valence-electron chi connectivity index (χ0n) is 19.0. The van der Waals surface area contributed by atoms with E-state index in [-0.39, 0.29) is 17.6 Å². The number of nitrogen functional groups attached to an aromatic ring is 1. The maximum absolute atomic E-state index is 13.7. The van der Waals surface area contributed by atoms with E-state index in [1.54, 1.807) is 40.7 Å². The molecule has 4 aromatic rings. The minimum absolute atomic E-state index is 0.250. The summed E-state index contributed by atoms with van der Waals surface area (Å²) < 4.78 is 9.01. The van der Waals surface area contributed by atoms with Crippen molar-refractivity contribution in [3.8, 4) is 29.0 Å². The maximum atomic E-state index is 13.7.